The van der Waals surface area contributed by atoms with Crippen molar-refractivity contribution in [3.8, 4) is 0 Å². The molecule has 2 N–H and O–H groups in total. The van der Waals surface area contributed by atoms with Crippen molar-refractivity contribution >= 4 is 5.65 Å². The van der Waals surface area contributed by atoms with Gasteiger partial charge in [-0.1, -0.05) is 24.3 Å². The summed E-state index contributed by atoms with van der Waals surface area (Å²) in [5, 5.41) is 8.03. The highest BCUT2D eigenvalue weighted by Crippen LogP contribution is 2.25. The van der Waals surface area contributed by atoms with Crippen LogP contribution in [0.2, 0.25) is 0 Å². The van der Waals surface area contributed by atoms with Crippen molar-refractivity contribution in [2.45, 2.75) is 32.9 Å². The Morgan fingerprint density at radius 3 is 2.82 bits per heavy atom. The lowest BCUT2D eigenvalue weighted by Crippen LogP contribution is -2.29. The Balaban J connectivity index is 1.77. The van der Waals surface area contributed by atoms with Crippen molar-refractivity contribution in [3.63, 3.8) is 0 Å². The number of aromatic nitrogens is 3. The molecule has 0 unspecified atom stereocenters. The highest BCUT2D eigenvalue weighted by molar-refractivity contribution is 5.43. The molecule has 1 aliphatic heterocycles. The Labute approximate surface area is 128 Å². The molecule has 5 heteroatoms. The summed E-state index contributed by atoms with van der Waals surface area (Å²) in [6.45, 7) is 4.57. The maximum Gasteiger partial charge on any atom is 0.277 e. The lowest BCUT2D eigenvalue weighted by Gasteiger charge is -2.24. The van der Waals surface area contributed by atoms with Crippen LogP contribution in [0.5, 0.6) is 0 Å². The molecule has 0 fully saturated rings. The van der Waals surface area contributed by atoms with E-state index in [0.717, 1.165) is 30.0 Å². The minimum Gasteiger partial charge on any atom is -0.343 e. The van der Waals surface area contributed by atoms with E-state index in [4.69, 9.17) is 0 Å². The summed E-state index contributed by atoms with van der Waals surface area (Å²) in [4.78, 5) is 15.6. The number of hydrogen-bond acceptors (Lipinski definition) is 3. The molecule has 1 aliphatic rings. The van der Waals surface area contributed by atoms with Gasteiger partial charge in [0.2, 0.25) is 0 Å². The molecule has 0 radical (unpaired) electrons. The monoisotopic (exact) mass is 294 g/mol. The molecule has 0 spiro atoms. The fourth-order valence-corrected chi connectivity index (χ4v) is 3.08. The average molecular weight is 294 g/mol. The summed E-state index contributed by atoms with van der Waals surface area (Å²) < 4.78 is 1.47. The first-order valence-corrected chi connectivity index (χ1v) is 7.53. The van der Waals surface area contributed by atoms with Crippen molar-refractivity contribution in [2.24, 2.45) is 0 Å². The van der Waals surface area contributed by atoms with Gasteiger partial charge in [-0.15, -0.1) is 0 Å². The first-order chi connectivity index (χ1) is 10.6. The van der Waals surface area contributed by atoms with Crippen LogP contribution >= 0.6 is 0 Å². The highest BCUT2D eigenvalue weighted by Gasteiger charge is 2.22. The lowest BCUT2D eigenvalue weighted by molar-refractivity contribution is 0.485. The first kappa shape index (κ1) is 13.3. The Kier molecular flexibility index (Phi) is 2.90. The van der Waals surface area contributed by atoms with E-state index in [1.807, 2.05) is 19.9 Å². The van der Waals surface area contributed by atoms with Crippen LogP contribution in [-0.4, -0.2) is 14.6 Å². The smallest absolute Gasteiger partial charge is 0.277 e. The molecule has 0 amide bonds. The van der Waals surface area contributed by atoms with E-state index in [1.165, 1.54) is 15.6 Å². The lowest BCUT2D eigenvalue weighted by atomic mass is 9.94. The molecular weight excluding hydrogens is 276 g/mol. The van der Waals surface area contributed by atoms with Crippen LogP contribution in [-0.2, 0) is 13.0 Å². The standard InChI is InChI=1S/C17H18N4O/c1-10-11(2)19-16-8-15(20-21(16)17(10)22)14-7-12-5-3-4-6-13(12)9-18-14/h3-6,8,14,18-19H,7,9H2,1-2H3/t14-/m0/s1. The topological polar surface area (TPSA) is 62.2 Å². The number of nitrogens with zero attached hydrogens (tertiary/aromatic N) is 2. The van der Waals surface area contributed by atoms with Gasteiger partial charge in [0.05, 0.1) is 11.7 Å². The number of fused-ring (bicyclic) bond motifs is 2. The number of aryl methyl sites for hydroxylation is 1. The predicted molar refractivity (Wildman–Crippen MR) is 85.0 cm³/mol. The van der Waals surface area contributed by atoms with Gasteiger partial charge in [0.15, 0.2) is 0 Å². The molecule has 112 valence electrons. The highest BCUT2D eigenvalue weighted by atomic mass is 16.1. The third-order valence-electron chi connectivity index (χ3n) is 4.56. The van der Waals surface area contributed by atoms with E-state index < -0.39 is 0 Å². The third-order valence-corrected chi connectivity index (χ3v) is 4.56. The van der Waals surface area contributed by atoms with E-state index in [0.29, 0.717) is 5.56 Å². The van der Waals surface area contributed by atoms with E-state index in [9.17, 15) is 4.79 Å². The summed E-state index contributed by atoms with van der Waals surface area (Å²) in [7, 11) is 0. The molecule has 3 aromatic rings. The molecule has 22 heavy (non-hydrogen) atoms. The molecular formula is C17H18N4O. The second-order valence-corrected chi connectivity index (χ2v) is 5.95. The number of H-pyrrole nitrogens is 1. The Morgan fingerprint density at radius 2 is 2.00 bits per heavy atom. The molecule has 0 aliphatic carbocycles. The number of rotatable bonds is 1. The zero-order valence-electron chi connectivity index (χ0n) is 12.7. The number of benzene rings is 1. The van der Waals surface area contributed by atoms with E-state index in [1.54, 1.807) is 0 Å². The molecule has 0 bridgehead atoms. The number of aromatic amines is 1. The van der Waals surface area contributed by atoms with Crippen molar-refractivity contribution in [2.75, 3.05) is 0 Å². The minimum absolute atomic E-state index is 0.0475. The van der Waals surface area contributed by atoms with Crippen molar-refractivity contribution in [3.05, 3.63) is 68.8 Å². The van der Waals surface area contributed by atoms with Crippen LogP contribution in [0.25, 0.3) is 5.65 Å². The molecule has 0 saturated heterocycles. The molecule has 5 nitrogen and oxygen atoms in total. The quantitative estimate of drug-likeness (QED) is 0.722. The van der Waals surface area contributed by atoms with Gasteiger partial charge in [0, 0.05) is 23.9 Å². The van der Waals surface area contributed by atoms with Gasteiger partial charge >= 0.3 is 0 Å². The van der Waals surface area contributed by atoms with E-state index >= 15 is 0 Å². The van der Waals surface area contributed by atoms with Crippen LogP contribution in [0, 0.1) is 13.8 Å². The molecule has 1 atom stereocenters. The summed E-state index contributed by atoms with van der Waals surface area (Å²) >= 11 is 0. The van der Waals surface area contributed by atoms with E-state index in [2.05, 4.69) is 39.7 Å². The Morgan fingerprint density at radius 1 is 1.23 bits per heavy atom. The Hall–Kier alpha value is -2.40. The maximum atomic E-state index is 12.3. The summed E-state index contributed by atoms with van der Waals surface area (Å²) in [5.41, 5.74) is 5.91. The maximum absolute atomic E-state index is 12.3. The fourth-order valence-electron chi connectivity index (χ4n) is 3.08. The fraction of sp³-hybridized carbons (Fsp3) is 0.294. The van der Waals surface area contributed by atoms with Gasteiger partial charge in [0.25, 0.3) is 5.56 Å². The zero-order valence-corrected chi connectivity index (χ0v) is 12.7. The van der Waals surface area contributed by atoms with Crippen molar-refractivity contribution in [1.82, 2.24) is 19.9 Å². The first-order valence-electron chi connectivity index (χ1n) is 7.53. The van der Waals surface area contributed by atoms with Gasteiger partial charge in [-0.3, -0.25) is 4.79 Å². The van der Waals surface area contributed by atoms with Gasteiger partial charge in [0.1, 0.15) is 5.65 Å². The second kappa shape index (κ2) is 4.81. The Bertz CT molecular complexity index is 922. The minimum atomic E-state index is -0.0475. The van der Waals surface area contributed by atoms with Crippen molar-refractivity contribution < 1.29 is 0 Å². The van der Waals surface area contributed by atoms with Crippen LogP contribution in [0.15, 0.2) is 35.1 Å². The van der Waals surface area contributed by atoms with Gasteiger partial charge in [-0.2, -0.15) is 9.61 Å². The summed E-state index contributed by atoms with van der Waals surface area (Å²) in [5.74, 6) is 0. The van der Waals surface area contributed by atoms with Crippen LogP contribution in [0.3, 0.4) is 0 Å². The largest absolute Gasteiger partial charge is 0.343 e. The van der Waals surface area contributed by atoms with E-state index in [-0.39, 0.29) is 11.6 Å². The molecule has 3 heterocycles. The summed E-state index contributed by atoms with van der Waals surface area (Å²) in [6, 6.07) is 10.6. The van der Waals surface area contributed by atoms with Gasteiger partial charge in [-0.05, 0) is 31.4 Å². The van der Waals surface area contributed by atoms with Gasteiger partial charge in [-0.25, -0.2) is 0 Å². The van der Waals surface area contributed by atoms with Crippen molar-refractivity contribution in [1.29, 1.82) is 0 Å². The average Bonchev–Trinajstić information content (AvgIpc) is 2.96. The van der Waals surface area contributed by atoms with Gasteiger partial charge < -0.3 is 10.3 Å². The predicted octanol–water partition coefficient (Wildman–Crippen LogP) is 2.03. The zero-order chi connectivity index (χ0) is 15.3. The number of nitrogens with one attached hydrogen (secondary N) is 2. The second-order valence-electron chi connectivity index (χ2n) is 5.95. The van der Waals surface area contributed by atoms with Crippen LogP contribution in [0.1, 0.15) is 34.1 Å². The van der Waals surface area contributed by atoms with Crippen LogP contribution < -0.4 is 10.9 Å². The SMILES string of the molecule is Cc1[nH]c2cc([C@@H]3Cc4ccccc4CN3)nn2c(=O)c1C. The molecule has 0 saturated carbocycles. The third kappa shape index (κ3) is 1.97. The molecule has 4 rings (SSSR count). The summed E-state index contributed by atoms with van der Waals surface area (Å²) in [6.07, 6.45) is 0.895. The molecule has 2 aromatic heterocycles. The molecule has 1 aromatic carbocycles. The normalized spacial score (nSPS) is 17.6. The van der Waals surface area contributed by atoms with Crippen LogP contribution in [0.4, 0.5) is 0 Å². The number of hydrogen-bond donors (Lipinski definition) is 2.